The Bertz CT molecular complexity index is 1280. The molecule has 1 aliphatic heterocycles. The maximum Gasteiger partial charge on any atom is 0.243 e. The monoisotopic (exact) mass is 526 g/mol. The molecule has 0 saturated carbocycles. The van der Waals surface area contributed by atoms with Crippen LogP contribution in [0.2, 0.25) is 0 Å². The number of carbonyl (C=O) groups excluding carboxylic acids is 1. The molecule has 0 spiro atoms. The maximum atomic E-state index is 13.7. The van der Waals surface area contributed by atoms with Crippen LogP contribution in [0, 0.1) is 13.8 Å². The number of anilines is 1. The maximum absolute atomic E-state index is 13.7. The molecule has 0 aromatic heterocycles. The minimum atomic E-state index is -3.85. The number of carbonyl (C=O) groups is 1. The Balaban J connectivity index is 1.63. The second-order valence-corrected chi connectivity index (χ2v) is 11.2. The van der Waals surface area contributed by atoms with E-state index in [1.165, 1.54) is 4.31 Å². The summed E-state index contributed by atoms with van der Waals surface area (Å²) in [5.74, 6) is -0.210. The van der Waals surface area contributed by atoms with Crippen molar-refractivity contribution in [2.24, 2.45) is 0 Å². The fraction of sp³-hybridized carbons (Fsp3) is 0.269. The van der Waals surface area contributed by atoms with Crippen molar-refractivity contribution in [3.8, 4) is 0 Å². The molecule has 1 aliphatic rings. The molecule has 3 aromatic carbocycles. The van der Waals surface area contributed by atoms with Crippen LogP contribution in [-0.2, 0) is 27.7 Å². The summed E-state index contributed by atoms with van der Waals surface area (Å²) in [6, 6.07) is 21.0. The Kier molecular flexibility index (Phi) is 7.02. The molecular weight excluding hydrogens is 500 g/mol. The van der Waals surface area contributed by atoms with Gasteiger partial charge >= 0.3 is 0 Å². The van der Waals surface area contributed by atoms with Crippen molar-refractivity contribution >= 4 is 37.5 Å². The first-order chi connectivity index (χ1) is 15.8. The summed E-state index contributed by atoms with van der Waals surface area (Å²) >= 11 is 3.48. The highest BCUT2D eigenvalue weighted by molar-refractivity contribution is 9.10. The molecule has 1 amide bonds. The third-order valence-corrected chi connectivity index (χ3v) is 8.48. The molecule has 5 nitrogen and oxygen atoms in total. The van der Waals surface area contributed by atoms with Crippen molar-refractivity contribution in [1.29, 1.82) is 0 Å². The van der Waals surface area contributed by atoms with Gasteiger partial charge in [-0.15, -0.1) is 0 Å². The summed E-state index contributed by atoms with van der Waals surface area (Å²) < 4.78 is 29.7. The zero-order chi connectivity index (χ0) is 23.6. The predicted molar refractivity (Wildman–Crippen MR) is 135 cm³/mol. The van der Waals surface area contributed by atoms with Gasteiger partial charge in [-0.25, -0.2) is 8.42 Å². The van der Waals surface area contributed by atoms with Crippen molar-refractivity contribution in [1.82, 2.24) is 4.31 Å². The SMILES string of the molecule is Cc1ccc(C)c(S(=O)(=O)N(CCc2ccccc2)CC(=O)N2CCc3cc(Br)ccc32)c1. The zero-order valence-corrected chi connectivity index (χ0v) is 21.2. The van der Waals surface area contributed by atoms with Crippen LogP contribution in [0.15, 0.2) is 76.1 Å². The molecule has 0 radical (unpaired) electrons. The van der Waals surface area contributed by atoms with Gasteiger partial charge in [-0.05, 0) is 73.2 Å². The molecule has 0 saturated heterocycles. The number of halogens is 1. The van der Waals surface area contributed by atoms with Crippen LogP contribution in [0.25, 0.3) is 0 Å². The molecule has 0 fully saturated rings. The standard InChI is InChI=1S/C26H27BrN2O3S/c1-19-8-9-20(2)25(16-19)33(31,32)28(14-12-21-6-4-3-5-7-21)18-26(30)29-15-13-22-17-23(27)10-11-24(22)29/h3-11,16-17H,12-15,18H2,1-2H3. The van der Waals surface area contributed by atoms with Crippen molar-refractivity contribution in [2.45, 2.75) is 31.6 Å². The first kappa shape index (κ1) is 23.7. The van der Waals surface area contributed by atoms with Gasteiger partial charge in [-0.2, -0.15) is 4.31 Å². The number of amides is 1. The molecule has 0 unspecified atom stereocenters. The largest absolute Gasteiger partial charge is 0.311 e. The number of sulfonamides is 1. The van der Waals surface area contributed by atoms with E-state index in [0.29, 0.717) is 18.5 Å². The molecule has 4 rings (SSSR count). The lowest BCUT2D eigenvalue weighted by molar-refractivity contribution is -0.118. The minimum Gasteiger partial charge on any atom is -0.311 e. The highest BCUT2D eigenvalue weighted by atomic mass is 79.9. The number of fused-ring (bicyclic) bond motifs is 1. The predicted octanol–water partition coefficient (Wildman–Crippen LogP) is 4.89. The second-order valence-electron chi connectivity index (χ2n) is 8.41. The fourth-order valence-corrected chi connectivity index (χ4v) is 6.28. The number of hydrogen-bond acceptors (Lipinski definition) is 3. The summed E-state index contributed by atoms with van der Waals surface area (Å²) in [7, 11) is -3.85. The summed E-state index contributed by atoms with van der Waals surface area (Å²) in [5, 5.41) is 0. The molecule has 0 N–H and O–H groups in total. The normalized spacial score (nSPS) is 13.4. The van der Waals surface area contributed by atoms with Crippen LogP contribution in [0.5, 0.6) is 0 Å². The topological polar surface area (TPSA) is 57.7 Å². The van der Waals surface area contributed by atoms with Crippen LogP contribution in [-0.4, -0.2) is 38.3 Å². The van der Waals surface area contributed by atoms with Crippen molar-refractivity contribution in [3.63, 3.8) is 0 Å². The lowest BCUT2D eigenvalue weighted by Gasteiger charge is -2.26. The van der Waals surface area contributed by atoms with Crippen molar-refractivity contribution in [3.05, 3.63) is 93.5 Å². The second kappa shape index (κ2) is 9.79. The van der Waals surface area contributed by atoms with Gasteiger partial charge in [0, 0.05) is 23.2 Å². The van der Waals surface area contributed by atoms with E-state index in [9.17, 15) is 13.2 Å². The van der Waals surface area contributed by atoms with Gasteiger partial charge in [0.05, 0.1) is 11.4 Å². The third-order valence-electron chi connectivity index (χ3n) is 6.00. The van der Waals surface area contributed by atoms with Crippen LogP contribution in [0.4, 0.5) is 5.69 Å². The van der Waals surface area contributed by atoms with Crippen molar-refractivity contribution in [2.75, 3.05) is 24.5 Å². The zero-order valence-electron chi connectivity index (χ0n) is 18.8. The minimum absolute atomic E-state index is 0.196. The van der Waals surface area contributed by atoms with Crippen LogP contribution in [0.1, 0.15) is 22.3 Å². The quantitative estimate of drug-likeness (QED) is 0.440. The first-order valence-corrected chi connectivity index (χ1v) is 13.2. The van der Waals surface area contributed by atoms with Gasteiger partial charge < -0.3 is 4.90 Å². The Morgan fingerprint density at radius 2 is 1.79 bits per heavy atom. The number of rotatable bonds is 7. The van der Waals surface area contributed by atoms with Gasteiger partial charge in [0.1, 0.15) is 0 Å². The van der Waals surface area contributed by atoms with Crippen LogP contribution >= 0.6 is 15.9 Å². The average molecular weight is 527 g/mol. The van der Waals surface area contributed by atoms with E-state index in [-0.39, 0.29) is 23.9 Å². The number of nitrogens with zero attached hydrogens (tertiary/aromatic N) is 2. The average Bonchev–Trinajstić information content (AvgIpc) is 3.21. The summed E-state index contributed by atoms with van der Waals surface area (Å²) in [4.78, 5) is 15.3. The number of aryl methyl sites for hydroxylation is 2. The van der Waals surface area contributed by atoms with Crippen LogP contribution < -0.4 is 4.90 Å². The van der Waals surface area contributed by atoms with Gasteiger partial charge in [-0.1, -0.05) is 58.4 Å². The van der Waals surface area contributed by atoms with E-state index < -0.39 is 10.0 Å². The van der Waals surface area contributed by atoms with E-state index in [1.807, 2.05) is 67.6 Å². The van der Waals surface area contributed by atoms with E-state index in [1.54, 1.807) is 17.9 Å². The first-order valence-electron chi connectivity index (χ1n) is 11.0. The van der Waals surface area contributed by atoms with Gasteiger partial charge in [0.15, 0.2) is 0 Å². The molecule has 1 heterocycles. The molecule has 3 aromatic rings. The molecular formula is C26H27BrN2O3S. The molecule has 7 heteroatoms. The Morgan fingerprint density at radius 3 is 2.55 bits per heavy atom. The van der Waals surface area contributed by atoms with E-state index in [4.69, 9.17) is 0 Å². The third kappa shape index (κ3) is 5.21. The smallest absolute Gasteiger partial charge is 0.243 e. The number of benzene rings is 3. The van der Waals surface area contributed by atoms with E-state index >= 15 is 0 Å². The lowest BCUT2D eigenvalue weighted by Crippen LogP contribution is -2.43. The Morgan fingerprint density at radius 1 is 1.03 bits per heavy atom. The van der Waals surface area contributed by atoms with E-state index in [0.717, 1.165) is 33.3 Å². The summed E-state index contributed by atoms with van der Waals surface area (Å²) in [6.07, 6.45) is 1.29. The summed E-state index contributed by atoms with van der Waals surface area (Å²) in [6.45, 7) is 4.25. The highest BCUT2D eigenvalue weighted by Crippen LogP contribution is 2.31. The van der Waals surface area contributed by atoms with Crippen molar-refractivity contribution < 1.29 is 13.2 Å². The van der Waals surface area contributed by atoms with Gasteiger partial charge in [0.25, 0.3) is 0 Å². The Labute approximate surface area is 204 Å². The van der Waals surface area contributed by atoms with Gasteiger partial charge in [0.2, 0.25) is 15.9 Å². The lowest BCUT2D eigenvalue weighted by atomic mass is 10.1. The molecule has 0 bridgehead atoms. The Hall–Kier alpha value is -2.48. The highest BCUT2D eigenvalue weighted by Gasteiger charge is 2.32. The fourth-order valence-electron chi connectivity index (χ4n) is 4.17. The number of hydrogen-bond donors (Lipinski definition) is 0. The molecule has 33 heavy (non-hydrogen) atoms. The molecule has 0 atom stereocenters. The summed E-state index contributed by atoms with van der Waals surface area (Å²) in [5.41, 5.74) is 4.52. The van der Waals surface area contributed by atoms with Gasteiger partial charge in [-0.3, -0.25) is 4.79 Å². The van der Waals surface area contributed by atoms with Crippen LogP contribution in [0.3, 0.4) is 0 Å². The molecule has 0 aliphatic carbocycles. The van der Waals surface area contributed by atoms with E-state index in [2.05, 4.69) is 15.9 Å². The molecule has 172 valence electrons.